The number of hydrogen-bond donors (Lipinski definition) is 0. The van der Waals surface area contributed by atoms with Crippen molar-refractivity contribution in [1.82, 2.24) is 15.0 Å². The fourth-order valence-electron chi connectivity index (χ4n) is 7.24. The van der Waals surface area contributed by atoms with Gasteiger partial charge in [0, 0.05) is 44.5 Å². The van der Waals surface area contributed by atoms with E-state index in [0.29, 0.717) is 17.5 Å². The Morgan fingerprint density at radius 2 is 0.907 bits per heavy atom. The number of anilines is 3. The molecule has 0 saturated carbocycles. The number of rotatable bonds is 6. The molecule has 0 N–H and O–H groups in total. The van der Waals surface area contributed by atoms with Crippen LogP contribution in [0.2, 0.25) is 0 Å². The molecule has 0 saturated heterocycles. The topological polar surface area (TPSA) is 81.3 Å². The molecule has 7 nitrogen and oxygen atoms in total. The van der Waals surface area contributed by atoms with Crippen LogP contribution in [0.4, 0.5) is 17.1 Å². The number of nitrogens with zero attached hydrogens (tertiary/aromatic N) is 4. The maximum absolute atomic E-state index is 6.09. The van der Waals surface area contributed by atoms with Crippen LogP contribution in [-0.4, -0.2) is 15.0 Å². The Labute approximate surface area is 308 Å². The smallest absolute Gasteiger partial charge is 0.227 e. The highest BCUT2D eigenvalue weighted by molar-refractivity contribution is 6.04. The second-order valence-corrected chi connectivity index (χ2v) is 13.3. The molecule has 0 bridgehead atoms. The van der Waals surface area contributed by atoms with Crippen molar-refractivity contribution in [3.8, 4) is 34.2 Å². The zero-order chi connectivity index (χ0) is 35.6. The lowest BCUT2D eigenvalue weighted by atomic mass is 10.0. The molecule has 7 aromatic carbocycles. The largest absolute Gasteiger partial charge is 0.438 e. The van der Waals surface area contributed by atoms with E-state index in [1.807, 2.05) is 66.7 Å². The number of aromatic nitrogens is 3. The van der Waals surface area contributed by atoms with Gasteiger partial charge in [0.15, 0.2) is 11.2 Å². The van der Waals surface area contributed by atoms with Crippen LogP contribution in [0.1, 0.15) is 0 Å². The summed E-state index contributed by atoms with van der Waals surface area (Å²) >= 11 is 0. The summed E-state index contributed by atoms with van der Waals surface area (Å²) in [6.45, 7) is 0. The summed E-state index contributed by atoms with van der Waals surface area (Å²) in [5.74, 6) is 1.18. The van der Waals surface area contributed by atoms with E-state index in [9.17, 15) is 0 Å². The van der Waals surface area contributed by atoms with Gasteiger partial charge in [0.2, 0.25) is 17.5 Å². The minimum Gasteiger partial charge on any atom is -0.438 e. The molecule has 4 heterocycles. The van der Waals surface area contributed by atoms with Gasteiger partial charge in [-0.25, -0.2) is 15.0 Å². The van der Waals surface area contributed by atoms with Gasteiger partial charge in [-0.1, -0.05) is 60.7 Å². The Hall–Kier alpha value is -7.51. The minimum atomic E-state index is 0.590. The van der Waals surface area contributed by atoms with Crippen molar-refractivity contribution >= 4 is 72.1 Å². The molecule has 0 radical (unpaired) electrons. The first-order valence-corrected chi connectivity index (χ1v) is 17.7. The van der Waals surface area contributed by atoms with Crippen LogP contribution in [0.5, 0.6) is 0 Å². The van der Waals surface area contributed by atoms with Gasteiger partial charge in [-0.3, -0.25) is 0 Å². The third kappa shape index (κ3) is 5.10. The van der Waals surface area contributed by atoms with E-state index in [1.165, 1.54) is 0 Å². The summed E-state index contributed by atoms with van der Waals surface area (Å²) in [6.07, 6.45) is 0. The first kappa shape index (κ1) is 30.1. The molecule has 54 heavy (non-hydrogen) atoms. The van der Waals surface area contributed by atoms with Gasteiger partial charge >= 0.3 is 0 Å². The molecule has 0 atom stereocenters. The molecule has 0 amide bonds. The molecular weight excluding hydrogens is 669 g/mol. The number of oxazole rings is 2. The number of para-hydroxylation sites is 5. The number of fused-ring (bicyclic) bond motifs is 6. The summed E-state index contributed by atoms with van der Waals surface area (Å²) in [6, 6.07) is 57.5. The van der Waals surface area contributed by atoms with Gasteiger partial charge in [0.25, 0.3) is 0 Å². The average molecular weight is 697 g/mol. The van der Waals surface area contributed by atoms with Crippen LogP contribution in [0.3, 0.4) is 0 Å². The second kappa shape index (κ2) is 12.0. The van der Waals surface area contributed by atoms with Crippen molar-refractivity contribution in [1.29, 1.82) is 0 Å². The molecule has 11 rings (SSSR count). The highest BCUT2D eigenvalue weighted by atomic mass is 16.4. The predicted molar refractivity (Wildman–Crippen MR) is 215 cm³/mol. The van der Waals surface area contributed by atoms with Gasteiger partial charge in [0.1, 0.15) is 16.6 Å². The van der Waals surface area contributed by atoms with Gasteiger partial charge in [-0.15, -0.1) is 0 Å². The van der Waals surface area contributed by atoms with E-state index >= 15 is 0 Å². The lowest BCUT2D eigenvalue weighted by molar-refractivity contribution is 0.619. The lowest BCUT2D eigenvalue weighted by Gasteiger charge is -2.26. The van der Waals surface area contributed by atoms with Crippen LogP contribution < -0.4 is 4.90 Å². The minimum absolute atomic E-state index is 0.590. The second-order valence-electron chi connectivity index (χ2n) is 13.3. The molecule has 0 fully saturated rings. The predicted octanol–water partition coefficient (Wildman–Crippen LogP) is 12.9. The van der Waals surface area contributed by atoms with Gasteiger partial charge in [-0.2, -0.15) is 0 Å². The zero-order valence-electron chi connectivity index (χ0n) is 28.7. The SMILES string of the molecule is c1ccc2oc(-c3ccc(N(c4ccc(-c5nc6ccccc6o5)cc4)c4ccc5cc(-c6ccc7c(n6)oc6ccccc67)ccc5c4)cc3)nc2c1. The van der Waals surface area contributed by atoms with E-state index in [0.717, 1.165) is 88.8 Å². The number of pyridine rings is 1. The molecule has 0 aliphatic carbocycles. The Bertz CT molecular complexity index is 2990. The van der Waals surface area contributed by atoms with Gasteiger partial charge in [-0.05, 0) is 120 Å². The first-order valence-electron chi connectivity index (χ1n) is 17.7. The molecule has 0 unspecified atom stereocenters. The third-order valence-electron chi connectivity index (χ3n) is 9.95. The van der Waals surface area contributed by atoms with E-state index in [4.69, 9.17) is 28.2 Å². The Morgan fingerprint density at radius 3 is 1.56 bits per heavy atom. The van der Waals surface area contributed by atoms with Crippen LogP contribution in [-0.2, 0) is 0 Å². The normalized spacial score (nSPS) is 11.7. The molecular formula is C47H28N4O3. The Kier molecular flexibility index (Phi) is 6.72. The summed E-state index contributed by atoms with van der Waals surface area (Å²) in [7, 11) is 0. The summed E-state index contributed by atoms with van der Waals surface area (Å²) < 4.78 is 18.2. The molecule has 4 aromatic heterocycles. The van der Waals surface area contributed by atoms with Crippen molar-refractivity contribution in [3.63, 3.8) is 0 Å². The highest BCUT2D eigenvalue weighted by Crippen LogP contribution is 2.39. The van der Waals surface area contributed by atoms with Crippen LogP contribution >= 0.6 is 0 Å². The Morgan fingerprint density at radius 1 is 0.370 bits per heavy atom. The summed E-state index contributed by atoms with van der Waals surface area (Å²) in [5, 5.41) is 4.31. The Balaban J connectivity index is 0.972. The van der Waals surface area contributed by atoms with E-state index in [-0.39, 0.29) is 0 Å². The van der Waals surface area contributed by atoms with Crippen LogP contribution in [0.15, 0.2) is 183 Å². The van der Waals surface area contributed by atoms with Crippen molar-refractivity contribution in [2.24, 2.45) is 0 Å². The van der Waals surface area contributed by atoms with E-state index < -0.39 is 0 Å². The lowest BCUT2D eigenvalue weighted by Crippen LogP contribution is -2.09. The van der Waals surface area contributed by atoms with Crippen molar-refractivity contribution in [3.05, 3.63) is 170 Å². The molecule has 0 aliphatic rings. The number of benzene rings is 7. The monoisotopic (exact) mass is 696 g/mol. The fourth-order valence-corrected chi connectivity index (χ4v) is 7.24. The maximum Gasteiger partial charge on any atom is 0.227 e. The molecule has 254 valence electrons. The molecule has 0 spiro atoms. The molecule has 7 heteroatoms. The van der Waals surface area contributed by atoms with Crippen LogP contribution in [0.25, 0.3) is 89.2 Å². The standard InChI is InChI=1S/C47H28N4O3/c1-4-10-42-37(7-1)38-25-26-39(48-47(38)52-42)33-14-13-32-28-36(24-19-31(32)27-33)51(34-20-15-29(16-21-34)45-49-40-8-2-5-11-43(40)53-45)35-22-17-30(18-23-35)46-50-41-9-3-6-12-44(41)54-46/h1-28H. The van der Waals surface area contributed by atoms with Crippen molar-refractivity contribution in [2.45, 2.75) is 0 Å². The summed E-state index contributed by atoms with van der Waals surface area (Å²) in [4.78, 5) is 16.6. The number of furan rings is 1. The highest BCUT2D eigenvalue weighted by Gasteiger charge is 2.17. The first-order chi connectivity index (χ1) is 26.7. The van der Waals surface area contributed by atoms with Crippen LogP contribution in [0, 0.1) is 0 Å². The zero-order valence-corrected chi connectivity index (χ0v) is 28.7. The average Bonchev–Trinajstić information content (AvgIpc) is 3.96. The third-order valence-corrected chi connectivity index (χ3v) is 9.95. The van der Waals surface area contributed by atoms with Crippen molar-refractivity contribution in [2.75, 3.05) is 4.90 Å². The van der Waals surface area contributed by atoms with Gasteiger partial charge < -0.3 is 18.2 Å². The number of hydrogen-bond acceptors (Lipinski definition) is 7. The maximum atomic E-state index is 6.09. The molecule has 0 aliphatic heterocycles. The quantitative estimate of drug-likeness (QED) is 0.171. The molecule has 11 aromatic rings. The van der Waals surface area contributed by atoms with Crippen molar-refractivity contribution < 1.29 is 13.3 Å². The van der Waals surface area contributed by atoms with Gasteiger partial charge in [0.05, 0.1) is 5.69 Å². The van der Waals surface area contributed by atoms with E-state index in [2.05, 4.69) is 108 Å². The fraction of sp³-hybridized carbons (Fsp3) is 0. The summed E-state index contributed by atoms with van der Waals surface area (Å²) in [5.41, 5.74) is 11.4. The van der Waals surface area contributed by atoms with E-state index in [1.54, 1.807) is 0 Å².